The van der Waals surface area contributed by atoms with E-state index >= 15 is 0 Å². The first-order valence-corrected chi connectivity index (χ1v) is 12.0. The van der Waals surface area contributed by atoms with E-state index in [1.807, 2.05) is 52.3 Å². The van der Waals surface area contributed by atoms with Crippen LogP contribution in [-0.2, 0) is 0 Å². The monoisotopic (exact) mass is 465 g/mol. The molecule has 3 heterocycles. The molecule has 5 rings (SSSR count). The smallest absolute Gasteiger partial charge is 0.264 e. The molecule has 0 aliphatic carbocycles. The summed E-state index contributed by atoms with van der Waals surface area (Å²) in [5, 5.41) is 0. The highest BCUT2D eigenvalue weighted by Gasteiger charge is 2.37. The molecule has 0 saturated carbocycles. The Balaban J connectivity index is 1.11. The standard InChI is InChI=1S/C25H24ClN3O2S/c26-23-11-10-22(32-23)25(31)28-14-12-27(13-15-28)21-16-29(17-21)24(30)20-8-6-19(7-9-20)18-4-2-1-3-5-18/h1-11,21H,12-17H2. The average molecular weight is 466 g/mol. The number of thiophene rings is 1. The number of nitrogens with zero attached hydrogens (tertiary/aromatic N) is 3. The fourth-order valence-corrected chi connectivity index (χ4v) is 5.36. The van der Waals surface area contributed by atoms with Crippen molar-refractivity contribution >= 4 is 34.8 Å². The van der Waals surface area contributed by atoms with Crippen LogP contribution in [0.3, 0.4) is 0 Å². The van der Waals surface area contributed by atoms with Gasteiger partial charge in [0.1, 0.15) is 0 Å². The molecule has 2 aromatic carbocycles. The lowest BCUT2D eigenvalue weighted by Crippen LogP contribution is -2.64. The molecule has 32 heavy (non-hydrogen) atoms. The second-order valence-corrected chi connectivity index (χ2v) is 9.95. The third-order valence-electron chi connectivity index (χ3n) is 6.29. The minimum absolute atomic E-state index is 0.0610. The van der Waals surface area contributed by atoms with Gasteiger partial charge in [-0.05, 0) is 35.4 Å². The number of likely N-dealkylation sites (tertiary alicyclic amines) is 1. The zero-order valence-electron chi connectivity index (χ0n) is 17.6. The van der Waals surface area contributed by atoms with E-state index in [0.717, 1.165) is 42.9 Å². The summed E-state index contributed by atoms with van der Waals surface area (Å²) in [7, 11) is 0. The molecule has 2 amide bonds. The summed E-state index contributed by atoms with van der Waals surface area (Å²) < 4.78 is 0.640. The summed E-state index contributed by atoms with van der Waals surface area (Å²) in [6, 6.07) is 22.0. The molecule has 0 bridgehead atoms. The molecule has 0 spiro atoms. The molecule has 1 aromatic heterocycles. The van der Waals surface area contributed by atoms with Crippen LogP contribution in [0.4, 0.5) is 0 Å². The maximum absolute atomic E-state index is 12.8. The second kappa shape index (κ2) is 9.06. The van der Waals surface area contributed by atoms with Crippen LogP contribution in [0.5, 0.6) is 0 Å². The Bertz CT molecular complexity index is 1100. The Labute approximate surface area is 196 Å². The van der Waals surface area contributed by atoms with Crippen molar-refractivity contribution in [3.8, 4) is 11.1 Å². The lowest BCUT2D eigenvalue weighted by Gasteiger charge is -2.48. The van der Waals surface area contributed by atoms with Gasteiger partial charge in [-0.1, -0.05) is 54.1 Å². The average Bonchev–Trinajstić information content (AvgIpc) is 3.25. The number of piperazine rings is 1. The van der Waals surface area contributed by atoms with Crippen molar-refractivity contribution in [3.05, 3.63) is 81.5 Å². The van der Waals surface area contributed by atoms with E-state index in [2.05, 4.69) is 17.0 Å². The van der Waals surface area contributed by atoms with Crippen LogP contribution in [0, 0.1) is 0 Å². The molecule has 3 aromatic rings. The van der Waals surface area contributed by atoms with Crippen molar-refractivity contribution in [3.63, 3.8) is 0 Å². The molecule has 164 valence electrons. The Morgan fingerprint density at radius 1 is 0.750 bits per heavy atom. The zero-order chi connectivity index (χ0) is 22.1. The van der Waals surface area contributed by atoms with Gasteiger partial charge in [-0.25, -0.2) is 0 Å². The van der Waals surface area contributed by atoms with Crippen LogP contribution in [0.25, 0.3) is 11.1 Å². The van der Waals surface area contributed by atoms with Gasteiger partial charge in [0.25, 0.3) is 11.8 Å². The third kappa shape index (κ3) is 4.31. The molecule has 0 atom stereocenters. The second-order valence-electron chi connectivity index (χ2n) is 8.24. The zero-order valence-corrected chi connectivity index (χ0v) is 19.2. The van der Waals surface area contributed by atoms with Crippen molar-refractivity contribution in [1.29, 1.82) is 0 Å². The van der Waals surface area contributed by atoms with E-state index in [-0.39, 0.29) is 11.8 Å². The van der Waals surface area contributed by atoms with Crippen LogP contribution in [0.15, 0.2) is 66.7 Å². The van der Waals surface area contributed by atoms with Crippen LogP contribution >= 0.6 is 22.9 Å². The first kappa shape index (κ1) is 21.2. The molecule has 5 nitrogen and oxygen atoms in total. The molecular weight excluding hydrogens is 442 g/mol. The molecule has 7 heteroatoms. The van der Waals surface area contributed by atoms with Gasteiger partial charge in [0.15, 0.2) is 0 Å². The molecule has 0 unspecified atom stereocenters. The summed E-state index contributed by atoms with van der Waals surface area (Å²) in [5.41, 5.74) is 2.99. The van der Waals surface area contributed by atoms with Gasteiger partial charge in [0, 0.05) is 50.9 Å². The van der Waals surface area contributed by atoms with Crippen molar-refractivity contribution < 1.29 is 9.59 Å². The highest BCUT2D eigenvalue weighted by atomic mass is 35.5. The summed E-state index contributed by atoms with van der Waals surface area (Å²) >= 11 is 7.29. The lowest BCUT2D eigenvalue weighted by molar-refractivity contribution is 0.00863. The normalized spacial score (nSPS) is 17.3. The van der Waals surface area contributed by atoms with Crippen LogP contribution in [0.2, 0.25) is 4.34 Å². The van der Waals surface area contributed by atoms with Crippen LogP contribution < -0.4 is 0 Å². The van der Waals surface area contributed by atoms with E-state index in [4.69, 9.17) is 11.6 Å². The minimum Gasteiger partial charge on any atom is -0.335 e. The van der Waals surface area contributed by atoms with Crippen molar-refractivity contribution in [2.45, 2.75) is 6.04 Å². The number of benzene rings is 2. The fraction of sp³-hybridized carbons (Fsp3) is 0.280. The first-order chi connectivity index (χ1) is 15.6. The maximum Gasteiger partial charge on any atom is 0.264 e. The van der Waals surface area contributed by atoms with Gasteiger partial charge in [0.05, 0.1) is 9.21 Å². The molecule has 0 radical (unpaired) electrons. The quantitative estimate of drug-likeness (QED) is 0.575. The number of amides is 2. The molecule has 2 saturated heterocycles. The predicted molar refractivity (Wildman–Crippen MR) is 128 cm³/mol. The highest BCUT2D eigenvalue weighted by molar-refractivity contribution is 7.17. The van der Waals surface area contributed by atoms with E-state index in [1.165, 1.54) is 11.3 Å². The topological polar surface area (TPSA) is 43.9 Å². The third-order valence-corrected chi connectivity index (χ3v) is 7.51. The molecule has 2 aliphatic rings. The number of hydrogen-bond donors (Lipinski definition) is 0. The van der Waals surface area contributed by atoms with Gasteiger partial charge in [-0.15, -0.1) is 11.3 Å². The number of hydrogen-bond acceptors (Lipinski definition) is 4. The number of rotatable bonds is 4. The van der Waals surface area contributed by atoms with Gasteiger partial charge in [0.2, 0.25) is 0 Å². The van der Waals surface area contributed by atoms with Gasteiger partial charge >= 0.3 is 0 Å². The Morgan fingerprint density at radius 3 is 2.03 bits per heavy atom. The van der Waals surface area contributed by atoms with Crippen LogP contribution in [-0.4, -0.2) is 71.8 Å². The minimum atomic E-state index is 0.0610. The molecule has 0 N–H and O–H groups in total. The van der Waals surface area contributed by atoms with Gasteiger partial charge < -0.3 is 9.80 Å². The summed E-state index contributed by atoms with van der Waals surface area (Å²) in [5.74, 6) is 0.148. The Hall–Kier alpha value is -2.67. The predicted octanol–water partition coefficient (Wildman–Crippen LogP) is 4.35. The van der Waals surface area contributed by atoms with E-state index in [0.29, 0.717) is 28.3 Å². The Kier molecular flexibility index (Phi) is 6.00. The molecule has 2 fully saturated rings. The van der Waals surface area contributed by atoms with E-state index in [9.17, 15) is 9.59 Å². The number of carbonyl (C=O) groups is 2. The molecule has 2 aliphatic heterocycles. The van der Waals surface area contributed by atoms with Crippen molar-refractivity contribution in [2.24, 2.45) is 0 Å². The highest BCUT2D eigenvalue weighted by Crippen LogP contribution is 2.25. The summed E-state index contributed by atoms with van der Waals surface area (Å²) in [6.07, 6.45) is 0. The molecular formula is C25H24ClN3O2S. The van der Waals surface area contributed by atoms with Crippen molar-refractivity contribution in [2.75, 3.05) is 39.3 Å². The lowest BCUT2D eigenvalue weighted by atomic mass is 10.0. The van der Waals surface area contributed by atoms with Crippen molar-refractivity contribution in [1.82, 2.24) is 14.7 Å². The van der Waals surface area contributed by atoms with E-state index in [1.54, 1.807) is 12.1 Å². The SMILES string of the molecule is O=C(c1ccc(-c2ccccc2)cc1)N1CC(N2CCN(C(=O)c3ccc(Cl)s3)CC2)C1. The van der Waals surface area contributed by atoms with Crippen LogP contribution in [0.1, 0.15) is 20.0 Å². The maximum atomic E-state index is 12.8. The number of carbonyl (C=O) groups excluding carboxylic acids is 2. The van der Waals surface area contributed by atoms with Gasteiger partial charge in [-0.3, -0.25) is 14.5 Å². The fourth-order valence-electron chi connectivity index (χ4n) is 4.35. The van der Waals surface area contributed by atoms with Gasteiger partial charge in [-0.2, -0.15) is 0 Å². The van der Waals surface area contributed by atoms with E-state index < -0.39 is 0 Å². The summed E-state index contributed by atoms with van der Waals surface area (Å²) in [6.45, 7) is 4.58. The summed E-state index contributed by atoms with van der Waals surface area (Å²) in [4.78, 5) is 32.3. The number of halogens is 1. The Morgan fingerprint density at radius 2 is 1.41 bits per heavy atom. The largest absolute Gasteiger partial charge is 0.335 e. The first-order valence-electron chi connectivity index (χ1n) is 10.8.